The summed E-state index contributed by atoms with van der Waals surface area (Å²) in [5.41, 5.74) is 0.943. The van der Waals surface area contributed by atoms with Gasteiger partial charge in [0.25, 0.3) is 0 Å². The van der Waals surface area contributed by atoms with E-state index in [1.54, 1.807) is 30.8 Å². The van der Waals surface area contributed by atoms with E-state index in [4.69, 9.17) is 0 Å². The van der Waals surface area contributed by atoms with Gasteiger partial charge in [0, 0.05) is 11.3 Å². The van der Waals surface area contributed by atoms with Crippen LogP contribution in [0.25, 0.3) is 0 Å². The number of aliphatic hydroxyl groups is 1. The Bertz CT molecular complexity index is 377. The number of thioether (sulfide) groups is 1. The van der Waals surface area contributed by atoms with Gasteiger partial charge >= 0.3 is 0 Å². The van der Waals surface area contributed by atoms with Crippen LogP contribution in [0.4, 0.5) is 0 Å². The minimum absolute atomic E-state index is 0.0663. The summed E-state index contributed by atoms with van der Waals surface area (Å²) < 4.78 is 0. The van der Waals surface area contributed by atoms with Crippen molar-refractivity contribution in [2.24, 2.45) is 0 Å². The van der Waals surface area contributed by atoms with Crippen molar-refractivity contribution in [1.29, 1.82) is 0 Å². The van der Waals surface area contributed by atoms with Crippen molar-refractivity contribution in [1.82, 2.24) is 0 Å². The van der Waals surface area contributed by atoms with Crippen molar-refractivity contribution in [2.75, 3.05) is 11.5 Å². The summed E-state index contributed by atoms with van der Waals surface area (Å²) in [6, 6.07) is 7.36. The molecule has 0 saturated carbocycles. The molecule has 1 aliphatic heterocycles. The maximum atomic E-state index is 11.1. The number of carbonyl (C=O) groups is 1. The third kappa shape index (κ3) is 2.30. The van der Waals surface area contributed by atoms with Crippen molar-refractivity contribution >= 4 is 17.5 Å². The van der Waals surface area contributed by atoms with Crippen LogP contribution in [-0.4, -0.2) is 22.4 Å². The smallest absolute Gasteiger partial charge is 0.159 e. The molecule has 0 amide bonds. The summed E-state index contributed by atoms with van der Waals surface area (Å²) in [5, 5.41) is 10.5. The molecule has 0 aliphatic carbocycles. The molecule has 1 N–H and O–H groups in total. The molecule has 0 aromatic heterocycles. The molecule has 1 saturated heterocycles. The second-order valence-electron chi connectivity index (χ2n) is 4.32. The molecule has 1 unspecified atom stereocenters. The lowest BCUT2D eigenvalue weighted by Gasteiger charge is -2.32. The van der Waals surface area contributed by atoms with Gasteiger partial charge < -0.3 is 5.11 Å². The van der Waals surface area contributed by atoms with E-state index < -0.39 is 5.60 Å². The first-order chi connectivity index (χ1) is 7.62. The Morgan fingerprint density at radius 2 is 2.06 bits per heavy atom. The topological polar surface area (TPSA) is 37.3 Å². The highest BCUT2D eigenvalue weighted by molar-refractivity contribution is 7.99. The highest BCUT2D eigenvalue weighted by Crippen LogP contribution is 2.35. The Hall–Kier alpha value is -0.800. The summed E-state index contributed by atoms with van der Waals surface area (Å²) in [6.45, 7) is 1.56. The van der Waals surface area contributed by atoms with Crippen LogP contribution in [0, 0.1) is 0 Å². The lowest BCUT2D eigenvalue weighted by molar-refractivity contribution is 0.0495. The van der Waals surface area contributed by atoms with Gasteiger partial charge in [0.15, 0.2) is 5.78 Å². The minimum atomic E-state index is -0.696. The zero-order chi connectivity index (χ0) is 11.6. The van der Waals surface area contributed by atoms with Gasteiger partial charge in [-0.3, -0.25) is 4.79 Å². The second kappa shape index (κ2) is 4.60. The van der Waals surface area contributed by atoms with E-state index in [1.165, 1.54) is 0 Å². The van der Waals surface area contributed by atoms with E-state index in [1.807, 2.05) is 12.1 Å². The van der Waals surface area contributed by atoms with Gasteiger partial charge in [0.05, 0.1) is 5.60 Å². The molecule has 1 aliphatic rings. The highest BCUT2D eigenvalue weighted by Gasteiger charge is 2.31. The summed E-state index contributed by atoms with van der Waals surface area (Å²) in [5.74, 6) is 1.96. The third-order valence-corrected chi connectivity index (χ3v) is 4.31. The highest BCUT2D eigenvalue weighted by atomic mass is 32.2. The summed E-state index contributed by atoms with van der Waals surface area (Å²) in [7, 11) is 0. The molecular weight excluding hydrogens is 220 g/mol. The maximum Gasteiger partial charge on any atom is 0.159 e. The summed E-state index contributed by atoms with van der Waals surface area (Å²) in [4.78, 5) is 11.1. The number of Topliss-reactive ketones (excluding diaryl/α,β-unsaturated/α-hetero) is 1. The van der Waals surface area contributed by atoms with Gasteiger partial charge in [-0.1, -0.05) is 24.3 Å². The number of hydrogen-bond donors (Lipinski definition) is 1. The molecule has 3 heteroatoms. The van der Waals surface area contributed by atoms with Crippen LogP contribution >= 0.6 is 11.8 Å². The van der Waals surface area contributed by atoms with Crippen LogP contribution < -0.4 is 0 Å². The van der Waals surface area contributed by atoms with Crippen molar-refractivity contribution in [3.05, 3.63) is 35.4 Å². The van der Waals surface area contributed by atoms with Gasteiger partial charge in [-0.25, -0.2) is 0 Å². The Morgan fingerprint density at radius 3 is 2.56 bits per heavy atom. The van der Waals surface area contributed by atoms with E-state index >= 15 is 0 Å². The zero-order valence-electron chi connectivity index (χ0n) is 9.40. The maximum absolute atomic E-state index is 11.1. The molecule has 1 aromatic carbocycles. The standard InChI is InChI=1S/C13H16O2S/c1-10(14)11-3-5-12(6-4-11)13(15)7-2-8-16-9-13/h3-6,15H,2,7-9H2,1H3. The molecule has 1 heterocycles. The van der Waals surface area contributed by atoms with Crippen LogP contribution in [-0.2, 0) is 5.60 Å². The summed E-state index contributed by atoms with van der Waals surface area (Å²) in [6.07, 6.45) is 1.87. The molecule has 86 valence electrons. The van der Waals surface area contributed by atoms with Crippen LogP contribution in [0.15, 0.2) is 24.3 Å². The van der Waals surface area contributed by atoms with Gasteiger partial charge in [-0.15, -0.1) is 0 Å². The summed E-state index contributed by atoms with van der Waals surface area (Å²) >= 11 is 1.79. The van der Waals surface area contributed by atoms with Gasteiger partial charge in [0.2, 0.25) is 0 Å². The second-order valence-corrected chi connectivity index (χ2v) is 5.43. The molecule has 2 nitrogen and oxygen atoms in total. The van der Waals surface area contributed by atoms with Crippen molar-refractivity contribution < 1.29 is 9.90 Å². The van der Waals surface area contributed by atoms with Crippen LogP contribution in [0.2, 0.25) is 0 Å². The molecule has 0 bridgehead atoms. The normalized spacial score (nSPS) is 25.4. The largest absolute Gasteiger partial charge is 0.384 e. The van der Waals surface area contributed by atoms with Crippen LogP contribution in [0.3, 0.4) is 0 Å². The SMILES string of the molecule is CC(=O)c1ccc(C2(O)CCCSC2)cc1. The van der Waals surface area contributed by atoms with Crippen molar-refractivity contribution in [2.45, 2.75) is 25.4 Å². The Balaban J connectivity index is 2.23. The quantitative estimate of drug-likeness (QED) is 0.802. The van der Waals surface area contributed by atoms with Gasteiger partial charge in [-0.05, 0) is 31.1 Å². The molecule has 16 heavy (non-hydrogen) atoms. The Labute approximate surface area is 100 Å². The Kier molecular flexibility index (Phi) is 3.36. The Morgan fingerprint density at radius 1 is 1.38 bits per heavy atom. The fourth-order valence-corrected chi connectivity index (χ4v) is 3.16. The minimum Gasteiger partial charge on any atom is -0.384 e. The average Bonchev–Trinajstić information content (AvgIpc) is 2.30. The number of rotatable bonds is 2. The van der Waals surface area contributed by atoms with Gasteiger partial charge in [0.1, 0.15) is 0 Å². The van der Waals surface area contributed by atoms with E-state index in [-0.39, 0.29) is 5.78 Å². The van der Waals surface area contributed by atoms with Gasteiger partial charge in [-0.2, -0.15) is 11.8 Å². The van der Waals surface area contributed by atoms with Crippen LogP contribution in [0.1, 0.15) is 35.7 Å². The first kappa shape index (κ1) is 11.7. The zero-order valence-corrected chi connectivity index (χ0v) is 10.2. The first-order valence-electron chi connectivity index (χ1n) is 5.53. The monoisotopic (exact) mass is 236 g/mol. The van der Waals surface area contributed by atoms with Crippen molar-refractivity contribution in [3.8, 4) is 0 Å². The predicted molar refractivity (Wildman–Crippen MR) is 66.9 cm³/mol. The molecule has 1 aromatic rings. The molecule has 0 spiro atoms. The first-order valence-corrected chi connectivity index (χ1v) is 6.69. The van der Waals surface area contributed by atoms with E-state index in [0.29, 0.717) is 5.56 Å². The fourth-order valence-electron chi connectivity index (χ4n) is 2.02. The predicted octanol–water partition coefficient (Wildman–Crippen LogP) is 2.60. The lowest BCUT2D eigenvalue weighted by atomic mass is 9.90. The number of benzene rings is 1. The number of hydrogen-bond acceptors (Lipinski definition) is 3. The third-order valence-electron chi connectivity index (χ3n) is 3.05. The molecule has 1 atom stereocenters. The average molecular weight is 236 g/mol. The van der Waals surface area contributed by atoms with E-state index in [9.17, 15) is 9.90 Å². The fraction of sp³-hybridized carbons (Fsp3) is 0.462. The van der Waals surface area contributed by atoms with E-state index in [0.717, 1.165) is 29.9 Å². The van der Waals surface area contributed by atoms with Crippen LogP contribution in [0.5, 0.6) is 0 Å². The molecular formula is C13H16O2S. The molecule has 1 fully saturated rings. The molecule has 2 rings (SSSR count). The number of ketones is 1. The molecule has 0 radical (unpaired) electrons. The number of carbonyl (C=O) groups excluding carboxylic acids is 1. The lowest BCUT2D eigenvalue weighted by Crippen LogP contribution is -2.31. The van der Waals surface area contributed by atoms with E-state index in [2.05, 4.69) is 0 Å². The van der Waals surface area contributed by atoms with Crippen molar-refractivity contribution in [3.63, 3.8) is 0 Å².